The van der Waals surface area contributed by atoms with E-state index in [1.807, 2.05) is 13.0 Å². The summed E-state index contributed by atoms with van der Waals surface area (Å²) < 4.78 is 32.0. The number of hydrogen-bond acceptors (Lipinski definition) is 4. The van der Waals surface area contributed by atoms with Gasteiger partial charge in [-0.3, -0.25) is 0 Å². The molecule has 2 rings (SSSR count). The van der Waals surface area contributed by atoms with Crippen LogP contribution in [-0.4, -0.2) is 39.0 Å². The summed E-state index contributed by atoms with van der Waals surface area (Å²) in [7, 11) is -1.98. The third-order valence-electron chi connectivity index (χ3n) is 3.76. The summed E-state index contributed by atoms with van der Waals surface area (Å²) in [5.74, 6) is 0. The fourth-order valence-corrected chi connectivity index (χ4v) is 4.06. The van der Waals surface area contributed by atoms with Gasteiger partial charge in [-0.05, 0) is 37.5 Å². The largest absolute Gasteiger partial charge is 0.398 e. The van der Waals surface area contributed by atoms with Crippen LogP contribution in [0, 0.1) is 13.8 Å². The second-order valence-corrected chi connectivity index (χ2v) is 6.90. The number of hydrogen-bond donors (Lipinski definition) is 1. The first-order valence-electron chi connectivity index (χ1n) is 6.27. The highest BCUT2D eigenvalue weighted by Crippen LogP contribution is 2.29. The molecule has 0 saturated carbocycles. The molecule has 0 aliphatic carbocycles. The molecule has 5 nitrogen and oxygen atoms in total. The van der Waals surface area contributed by atoms with Gasteiger partial charge in [0.2, 0.25) is 10.0 Å². The van der Waals surface area contributed by atoms with Crippen LogP contribution >= 0.6 is 0 Å². The van der Waals surface area contributed by atoms with E-state index in [1.165, 1.54) is 4.31 Å². The van der Waals surface area contributed by atoms with Crippen molar-refractivity contribution in [3.05, 3.63) is 23.3 Å². The predicted molar refractivity (Wildman–Crippen MR) is 74.5 cm³/mol. The van der Waals surface area contributed by atoms with Crippen LogP contribution in [0.4, 0.5) is 5.69 Å². The van der Waals surface area contributed by atoms with E-state index in [4.69, 9.17) is 10.5 Å². The molecule has 1 aliphatic rings. The van der Waals surface area contributed by atoms with Gasteiger partial charge in [-0.15, -0.1) is 0 Å². The minimum Gasteiger partial charge on any atom is -0.398 e. The maximum absolute atomic E-state index is 12.7. The van der Waals surface area contributed by atoms with Gasteiger partial charge in [-0.1, -0.05) is 6.07 Å². The fourth-order valence-electron chi connectivity index (χ4n) is 2.30. The van der Waals surface area contributed by atoms with Crippen LogP contribution in [-0.2, 0) is 14.8 Å². The Balaban J connectivity index is 2.47. The highest BCUT2D eigenvalue weighted by atomic mass is 32.2. The van der Waals surface area contributed by atoms with E-state index in [1.54, 1.807) is 20.0 Å². The standard InChI is InChI=1S/C13H20N2O3S/c1-9-4-5-12(14)13(10(9)2)19(16,17)15(3)11-6-7-18-8-11/h4-5,11H,6-8,14H2,1-3H3. The summed E-state index contributed by atoms with van der Waals surface area (Å²) in [6.45, 7) is 4.72. The Bertz CT molecular complexity index is 578. The first kappa shape index (κ1) is 14.3. The molecule has 106 valence electrons. The van der Waals surface area contributed by atoms with Crippen molar-refractivity contribution in [1.29, 1.82) is 0 Å². The summed E-state index contributed by atoms with van der Waals surface area (Å²) in [6.07, 6.45) is 0.723. The van der Waals surface area contributed by atoms with Gasteiger partial charge in [0.05, 0.1) is 18.3 Å². The van der Waals surface area contributed by atoms with Crippen molar-refractivity contribution in [2.24, 2.45) is 0 Å². The highest BCUT2D eigenvalue weighted by molar-refractivity contribution is 7.89. The van der Waals surface area contributed by atoms with Crippen molar-refractivity contribution in [2.75, 3.05) is 26.0 Å². The topological polar surface area (TPSA) is 72.6 Å². The van der Waals surface area contributed by atoms with Gasteiger partial charge in [-0.25, -0.2) is 8.42 Å². The molecule has 0 bridgehead atoms. The molecule has 0 amide bonds. The van der Waals surface area contributed by atoms with Crippen LogP contribution in [0.15, 0.2) is 17.0 Å². The number of benzene rings is 1. The van der Waals surface area contributed by atoms with Gasteiger partial charge in [0, 0.05) is 13.7 Å². The maximum atomic E-state index is 12.7. The molecule has 1 aromatic rings. The van der Waals surface area contributed by atoms with Crippen LogP contribution in [0.1, 0.15) is 17.5 Å². The summed E-state index contributed by atoms with van der Waals surface area (Å²) in [4.78, 5) is 0.224. The quantitative estimate of drug-likeness (QED) is 0.849. The Hall–Kier alpha value is -1.11. The number of ether oxygens (including phenoxy) is 1. The molecule has 1 aliphatic heterocycles. The number of anilines is 1. The van der Waals surface area contributed by atoms with Gasteiger partial charge < -0.3 is 10.5 Å². The molecule has 1 saturated heterocycles. The lowest BCUT2D eigenvalue weighted by Crippen LogP contribution is -2.38. The zero-order valence-corrected chi connectivity index (χ0v) is 12.3. The fraction of sp³-hybridized carbons (Fsp3) is 0.538. The molecule has 1 aromatic carbocycles. The smallest absolute Gasteiger partial charge is 0.245 e. The second-order valence-electron chi connectivity index (χ2n) is 4.96. The number of sulfonamides is 1. The monoisotopic (exact) mass is 284 g/mol. The van der Waals surface area contributed by atoms with Crippen LogP contribution < -0.4 is 5.73 Å². The summed E-state index contributed by atoms with van der Waals surface area (Å²) in [5, 5.41) is 0. The molecule has 19 heavy (non-hydrogen) atoms. The Labute approximate surface area is 114 Å². The molecule has 0 aromatic heterocycles. The van der Waals surface area contributed by atoms with Crippen molar-refractivity contribution in [1.82, 2.24) is 4.31 Å². The second kappa shape index (κ2) is 5.11. The SMILES string of the molecule is Cc1ccc(N)c(S(=O)(=O)N(C)C2CCOC2)c1C. The Kier molecular flexibility index (Phi) is 3.85. The number of nitrogens with zero attached hydrogens (tertiary/aromatic N) is 1. The van der Waals surface area contributed by atoms with E-state index in [0.717, 1.165) is 12.0 Å². The molecule has 0 radical (unpaired) electrons. The minimum absolute atomic E-state index is 0.107. The first-order valence-corrected chi connectivity index (χ1v) is 7.71. The van der Waals surface area contributed by atoms with Crippen LogP contribution in [0.2, 0.25) is 0 Å². The molecule has 1 heterocycles. The van der Waals surface area contributed by atoms with E-state index in [-0.39, 0.29) is 10.9 Å². The molecule has 6 heteroatoms. The average molecular weight is 284 g/mol. The molecule has 1 atom stereocenters. The van der Waals surface area contributed by atoms with E-state index in [0.29, 0.717) is 24.5 Å². The van der Waals surface area contributed by atoms with Crippen molar-refractivity contribution >= 4 is 15.7 Å². The number of nitrogens with two attached hydrogens (primary N) is 1. The van der Waals surface area contributed by atoms with Crippen molar-refractivity contribution in [3.8, 4) is 0 Å². The number of nitrogen functional groups attached to an aromatic ring is 1. The zero-order chi connectivity index (χ0) is 14.2. The lowest BCUT2D eigenvalue weighted by Gasteiger charge is -2.24. The molecular weight excluding hydrogens is 264 g/mol. The van der Waals surface area contributed by atoms with Crippen LogP contribution in [0.3, 0.4) is 0 Å². The summed E-state index contributed by atoms with van der Waals surface area (Å²) in [6, 6.07) is 3.38. The third kappa shape index (κ3) is 2.48. The number of likely N-dealkylation sites (N-methyl/N-ethyl adjacent to an activating group) is 1. The molecule has 0 spiro atoms. The maximum Gasteiger partial charge on any atom is 0.245 e. The van der Waals surface area contributed by atoms with Gasteiger partial charge >= 0.3 is 0 Å². The van der Waals surface area contributed by atoms with Crippen LogP contribution in [0.5, 0.6) is 0 Å². The van der Waals surface area contributed by atoms with E-state index in [2.05, 4.69) is 0 Å². The minimum atomic E-state index is -3.58. The first-order chi connectivity index (χ1) is 8.85. The normalized spacial score (nSPS) is 20.1. The van der Waals surface area contributed by atoms with Crippen molar-refractivity contribution in [3.63, 3.8) is 0 Å². The van der Waals surface area contributed by atoms with Gasteiger partial charge in [0.25, 0.3) is 0 Å². The molecule has 1 unspecified atom stereocenters. The Morgan fingerprint density at radius 2 is 2.05 bits per heavy atom. The molecular formula is C13H20N2O3S. The zero-order valence-electron chi connectivity index (χ0n) is 11.5. The Morgan fingerprint density at radius 3 is 2.63 bits per heavy atom. The van der Waals surface area contributed by atoms with Crippen LogP contribution in [0.25, 0.3) is 0 Å². The Morgan fingerprint density at radius 1 is 1.37 bits per heavy atom. The lowest BCUT2D eigenvalue weighted by molar-refractivity contribution is 0.181. The third-order valence-corrected chi connectivity index (χ3v) is 5.88. The van der Waals surface area contributed by atoms with E-state index >= 15 is 0 Å². The summed E-state index contributed by atoms with van der Waals surface area (Å²) in [5.41, 5.74) is 7.81. The molecule has 2 N–H and O–H groups in total. The van der Waals surface area contributed by atoms with Crippen molar-refractivity contribution in [2.45, 2.75) is 31.2 Å². The predicted octanol–water partition coefficient (Wildman–Crippen LogP) is 1.30. The van der Waals surface area contributed by atoms with Gasteiger partial charge in [-0.2, -0.15) is 4.31 Å². The van der Waals surface area contributed by atoms with Gasteiger partial charge in [0.15, 0.2) is 0 Å². The van der Waals surface area contributed by atoms with E-state index < -0.39 is 10.0 Å². The number of rotatable bonds is 3. The molecule has 1 fully saturated rings. The number of aryl methyl sites for hydroxylation is 1. The lowest BCUT2D eigenvalue weighted by atomic mass is 10.1. The van der Waals surface area contributed by atoms with Crippen molar-refractivity contribution < 1.29 is 13.2 Å². The average Bonchev–Trinajstić information content (AvgIpc) is 2.86. The van der Waals surface area contributed by atoms with E-state index in [9.17, 15) is 8.42 Å². The van der Waals surface area contributed by atoms with Gasteiger partial charge in [0.1, 0.15) is 4.90 Å². The highest BCUT2D eigenvalue weighted by Gasteiger charge is 2.33. The summed E-state index contributed by atoms with van der Waals surface area (Å²) >= 11 is 0.